The van der Waals surface area contributed by atoms with E-state index in [1.54, 1.807) is 13.0 Å². The van der Waals surface area contributed by atoms with Gasteiger partial charge in [-0.1, -0.05) is 6.42 Å². The maximum atomic E-state index is 10.9. The Balaban J connectivity index is 1.70. The molecule has 2 bridgehead atoms. The number of benzene rings is 1. The van der Waals surface area contributed by atoms with E-state index in [0.717, 1.165) is 11.3 Å². The third-order valence-electron chi connectivity index (χ3n) is 5.10. The van der Waals surface area contributed by atoms with E-state index in [0.29, 0.717) is 18.1 Å². The highest BCUT2D eigenvalue weighted by Gasteiger charge is 2.35. The molecule has 114 valence electrons. The molecular weight excluding hydrogens is 266 g/mol. The lowest BCUT2D eigenvalue weighted by Gasteiger charge is -2.47. The van der Waals surface area contributed by atoms with Crippen LogP contribution in [0.5, 0.6) is 0 Å². The van der Waals surface area contributed by atoms with Crippen molar-refractivity contribution in [2.75, 3.05) is 12.4 Å². The normalized spacial score (nSPS) is 29.1. The number of fused-ring (bicyclic) bond motifs is 2. The van der Waals surface area contributed by atoms with Crippen molar-refractivity contribution in [1.29, 1.82) is 0 Å². The Labute approximate surface area is 125 Å². The molecule has 21 heavy (non-hydrogen) atoms. The number of nitrogens with one attached hydrogen (secondary N) is 1. The summed E-state index contributed by atoms with van der Waals surface area (Å²) in [5, 5.41) is 14.5. The van der Waals surface area contributed by atoms with Crippen LogP contribution < -0.4 is 5.32 Å². The first-order valence-corrected chi connectivity index (χ1v) is 7.78. The molecule has 2 fully saturated rings. The number of anilines is 1. The molecule has 0 aliphatic carbocycles. The predicted molar refractivity (Wildman–Crippen MR) is 83.7 cm³/mol. The van der Waals surface area contributed by atoms with Gasteiger partial charge < -0.3 is 10.2 Å². The smallest absolute Gasteiger partial charge is 0.272 e. The first-order valence-electron chi connectivity index (χ1n) is 7.78. The van der Waals surface area contributed by atoms with Crippen LogP contribution in [0.15, 0.2) is 18.2 Å². The number of nitro groups is 1. The van der Waals surface area contributed by atoms with Gasteiger partial charge in [0.2, 0.25) is 0 Å². The molecule has 0 spiro atoms. The summed E-state index contributed by atoms with van der Waals surface area (Å²) in [7, 11) is 2.25. The molecule has 5 nitrogen and oxygen atoms in total. The summed E-state index contributed by atoms with van der Waals surface area (Å²) < 4.78 is 0. The van der Waals surface area contributed by atoms with E-state index in [-0.39, 0.29) is 10.6 Å². The molecule has 0 saturated carbocycles. The van der Waals surface area contributed by atoms with Gasteiger partial charge in [0.1, 0.15) is 0 Å². The Morgan fingerprint density at radius 3 is 2.52 bits per heavy atom. The fourth-order valence-corrected chi connectivity index (χ4v) is 3.92. The first-order chi connectivity index (χ1) is 10.0. The van der Waals surface area contributed by atoms with Crippen molar-refractivity contribution in [2.45, 2.75) is 57.2 Å². The van der Waals surface area contributed by atoms with Gasteiger partial charge in [0.05, 0.1) is 4.92 Å². The summed E-state index contributed by atoms with van der Waals surface area (Å²) in [5.74, 6) is 0. The van der Waals surface area contributed by atoms with Crippen LogP contribution in [0.2, 0.25) is 0 Å². The van der Waals surface area contributed by atoms with E-state index >= 15 is 0 Å². The van der Waals surface area contributed by atoms with Crippen LogP contribution in [0.4, 0.5) is 11.4 Å². The first kappa shape index (κ1) is 14.3. The number of nitrogens with zero attached hydrogens (tertiary/aromatic N) is 2. The summed E-state index contributed by atoms with van der Waals surface area (Å²) in [6.07, 6.45) is 6.28. The number of hydrogen-bond donors (Lipinski definition) is 1. The highest BCUT2D eigenvalue weighted by atomic mass is 16.6. The molecule has 2 unspecified atom stereocenters. The lowest BCUT2D eigenvalue weighted by Crippen LogP contribution is -2.52. The Morgan fingerprint density at radius 1 is 1.29 bits per heavy atom. The third-order valence-corrected chi connectivity index (χ3v) is 5.10. The van der Waals surface area contributed by atoms with Crippen LogP contribution in [0.3, 0.4) is 0 Å². The van der Waals surface area contributed by atoms with E-state index in [1.165, 1.54) is 32.1 Å². The molecule has 1 aromatic carbocycles. The number of piperidine rings is 2. The van der Waals surface area contributed by atoms with E-state index in [1.807, 2.05) is 12.1 Å². The second-order valence-corrected chi connectivity index (χ2v) is 6.48. The second kappa shape index (κ2) is 5.64. The number of hydrogen-bond acceptors (Lipinski definition) is 4. The van der Waals surface area contributed by atoms with Crippen LogP contribution in [0, 0.1) is 17.0 Å². The summed E-state index contributed by atoms with van der Waals surface area (Å²) in [6, 6.07) is 7.19. The van der Waals surface area contributed by atoms with Crippen molar-refractivity contribution in [2.24, 2.45) is 0 Å². The fourth-order valence-electron chi connectivity index (χ4n) is 3.92. The average Bonchev–Trinajstić information content (AvgIpc) is 2.39. The fraction of sp³-hybridized carbons (Fsp3) is 0.625. The Hall–Kier alpha value is -1.62. The Kier molecular flexibility index (Phi) is 3.85. The second-order valence-electron chi connectivity index (χ2n) is 6.48. The Bertz CT molecular complexity index is 532. The lowest BCUT2D eigenvalue weighted by molar-refractivity contribution is -0.385. The number of nitro benzene ring substituents is 1. The van der Waals surface area contributed by atoms with Crippen LogP contribution in [-0.2, 0) is 0 Å². The van der Waals surface area contributed by atoms with E-state index < -0.39 is 0 Å². The molecule has 0 amide bonds. The van der Waals surface area contributed by atoms with Crippen molar-refractivity contribution < 1.29 is 4.92 Å². The molecule has 2 aliphatic rings. The van der Waals surface area contributed by atoms with Gasteiger partial charge in [-0.05, 0) is 51.8 Å². The van der Waals surface area contributed by atoms with Gasteiger partial charge in [0.25, 0.3) is 5.69 Å². The molecule has 2 heterocycles. The summed E-state index contributed by atoms with van der Waals surface area (Å²) in [4.78, 5) is 13.1. The lowest BCUT2D eigenvalue weighted by atomic mass is 9.82. The van der Waals surface area contributed by atoms with Crippen LogP contribution >= 0.6 is 0 Å². The zero-order chi connectivity index (χ0) is 15.0. The van der Waals surface area contributed by atoms with E-state index in [4.69, 9.17) is 0 Å². The maximum absolute atomic E-state index is 10.9. The average molecular weight is 289 g/mol. The minimum atomic E-state index is -0.320. The molecule has 2 saturated heterocycles. The molecule has 0 radical (unpaired) electrons. The SMILES string of the molecule is Cc1cc(NC2CC3CCCC(C2)N3C)ccc1[N+](=O)[O-]. The number of aryl methyl sites for hydroxylation is 1. The van der Waals surface area contributed by atoms with Crippen molar-refractivity contribution >= 4 is 11.4 Å². The molecule has 2 aliphatic heterocycles. The van der Waals surface area contributed by atoms with Crippen molar-refractivity contribution in [1.82, 2.24) is 4.90 Å². The molecular formula is C16H23N3O2. The van der Waals surface area contributed by atoms with Gasteiger partial charge in [-0.15, -0.1) is 0 Å². The largest absolute Gasteiger partial charge is 0.382 e. The minimum Gasteiger partial charge on any atom is -0.382 e. The van der Waals surface area contributed by atoms with Gasteiger partial charge in [0.15, 0.2) is 0 Å². The predicted octanol–water partition coefficient (Wildman–Crippen LogP) is 3.33. The van der Waals surface area contributed by atoms with Crippen LogP contribution in [-0.4, -0.2) is 35.0 Å². The van der Waals surface area contributed by atoms with Gasteiger partial charge >= 0.3 is 0 Å². The van der Waals surface area contributed by atoms with Crippen LogP contribution in [0.1, 0.15) is 37.7 Å². The van der Waals surface area contributed by atoms with Gasteiger partial charge in [-0.3, -0.25) is 10.1 Å². The van der Waals surface area contributed by atoms with Crippen molar-refractivity contribution in [3.63, 3.8) is 0 Å². The highest BCUT2D eigenvalue weighted by Crippen LogP contribution is 2.34. The number of rotatable bonds is 3. The van der Waals surface area contributed by atoms with Crippen LogP contribution in [0.25, 0.3) is 0 Å². The molecule has 1 N–H and O–H groups in total. The Morgan fingerprint density at radius 2 is 1.95 bits per heavy atom. The molecule has 1 aromatic rings. The zero-order valence-electron chi connectivity index (χ0n) is 12.7. The molecule has 5 heteroatoms. The maximum Gasteiger partial charge on any atom is 0.272 e. The van der Waals surface area contributed by atoms with E-state index in [9.17, 15) is 10.1 Å². The standard InChI is InChI=1S/C16H23N3O2/c1-11-8-12(6-7-16(11)19(20)21)17-13-9-14-4-3-5-15(10-13)18(14)2/h6-8,13-15,17H,3-5,9-10H2,1-2H3. The summed E-state index contributed by atoms with van der Waals surface area (Å²) >= 11 is 0. The molecule has 3 rings (SSSR count). The van der Waals surface area contributed by atoms with Crippen molar-refractivity contribution in [3.8, 4) is 0 Å². The summed E-state index contributed by atoms with van der Waals surface area (Å²) in [5.41, 5.74) is 1.92. The molecule has 0 aromatic heterocycles. The van der Waals surface area contributed by atoms with Gasteiger partial charge in [0, 0.05) is 35.4 Å². The van der Waals surface area contributed by atoms with Gasteiger partial charge in [-0.2, -0.15) is 0 Å². The minimum absolute atomic E-state index is 0.195. The summed E-state index contributed by atoms with van der Waals surface area (Å²) in [6.45, 7) is 1.80. The monoisotopic (exact) mass is 289 g/mol. The van der Waals surface area contributed by atoms with Crippen molar-refractivity contribution in [3.05, 3.63) is 33.9 Å². The molecule has 2 atom stereocenters. The highest BCUT2D eigenvalue weighted by molar-refractivity contribution is 5.54. The zero-order valence-corrected chi connectivity index (χ0v) is 12.7. The third kappa shape index (κ3) is 2.88. The quantitative estimate of drug-likeness (QED) is 0.685. The topological polar surface area (TPSA) is 58.4 Å². The van der Waals surface area contributed by atoms with E-state index in [2.05, 4.69) is 17.3 Å². The van der Waals surface area contributed by atoms with Gasteiger partial charge in [-0.25, -0.2) is 0 Å².